The van der Waals surface area contributed by atoms with Gasteiger partial charge in [-0.25, -0.2) is 0 Å². The van der Waals surface area contributed by atoms with Crippen LogP contribution >= 0.6 is 0 Å². The van der Waals surface area contributed by atoms with Crippen LogP contribution in [0.4, 0.5) is 0 Å². The first-order chi connectivity index (χ1) is 14.8. The maximum atomic E-state index is 13.2. The van der Waals surface area contributed by atoms with Gasteiger partial charge in [0.1, 0.15) is 0 Å². The largest absolute Gasteiger partial charge is 0.338 e. The van der Waals surface area contributed by atoms with E-state index in [4.69, 9.17) is 0 Å². The first-order valence-corrected chi connectivity index (χ1v) is 10.5. The number of hydrogen-bond acceptors (Lipinski definition) is 3. The third-order valence-electron chi connectivity index (χ3n) is 6.27. The van der Waals surface area contributed by atoms with Crippen molar-refractivity contribution in [2.45, 2.75) is 19.3 Å². The van der Waals surface area contributed by atoms with Crippen LogP contribution in [0.2, 0.25) is 0 Å². The van der Waals surface area contributed by atoms with Crippen LogP contribution in [0.15, 0.2) is 65.5 Å². The molecule has 0 aliphatic carbocycles. The lowest BCUT2D eigenvalue weighted by molar-refractivity contribution is -0.137. The van der Waals surface area contributed by atoms with E-state index in [0.29, 0.717) is 31.7 Å². The predicted molar refractivity (Wildman–Crippen MR) is 121 cm³/mol. The number of nitrogens with zero attached hydrogens (tertiary/aromatic N) is 3. The molecule has 2 aromatic carbocycles. The van der Waals surface area contributed by atoms with Gasteiger partial charge in [0, 0.05) is 44.7 Å². The van der Waals surface area contributed by atoms with Crippen molar-refractivity contribution in [2.24, 2.45) is 7.05 Å². The molecule has 0 spiro atoms. The van der Waals surface area contributed by atoms with Gasteiger partial charge < -0.3 is 14.4 Å². The summed E-state index contributed by atoms with van der Waals surface area (Å²) in [4.78, 5) is 42.4. The molecule has 1 aliphatic rings. The van der Waals surface area contributed by atoms with Gasteiger partial charge in [0.05, 0.1) is 16.5 Å². The van der Waals surface area contributed by atoms with Gasteiger partial charge in [-0.3, -0.25) is 14.4 Å². The van der Waals surface area contributed by atoms with Crippen molar-refractivity contribution in [1.82, 2.24) is 14.4 Å². The zero-order chi connectivity index (χ0) is 22.2. The SMILES string of the molecule is Cn1c(=O)cc(C(=O)N2CCN(C(=O)C(C)(C)c3ccccc3)CC2)c2ccccc21. The third kappa shape index (κ3) is 3.74. The first-order valence-electron chi connectivity index (χ1n) is 10.5. The van der Waals surface area contributed by atoms with Crippen LogP contribution in [-0.4, -0.2) is 52.4 Å². The third-order valence-corrected chi connectivity index (χ3v) is 6.27. The first kappa shape index (κ1) is 20.8. The Morgan fingerprint density at radius 1 is 0.839 bits per heavy atom. The molecule has 31 heavy (non-hydrogen) atoms. The number of carbonyl (C=O) groups excluding carboxylic acids is 2. The summed E-state index contributed by atoms with van der Waals surface area (Å²) >= 11 is 0. The van der Waals surface area contributed by atoms with Crippen LogP contribution in [0.3, 0.4) is 0 Å². The summed E-state index contributed by atoms with van der Waals surface area (Å²) in [6.45, 7) is 5.72. The maximum absolute atomic E-state index is 13.2. The van der Waals surface area contributed by atoms with Gasteiger partial charge in [-0.2, -0.15) is 0 Å². The van der Waals surface area contributed by atoms with Crippen molar-refractivity contribution in [3.8, 4) is 0 Å². The average Bonchev–Trinajstić information content (AvgIpc) is 2.81. The zero-order valence-electron chi connectivity index (χ0n) is 18.2. The number of rotatable bonds is 3. The van der Waals surface area contributed by atoms with E-state index in [-0.39, 0.29) is 17.4 Å². The van der Waals surface area contributed by atoms with E-state index in [1.165, 1.54) is 6.07 Å². The summed E-state index contributed by atoms with van der Waals surface area (Å²) in [6.07, 6.45) is 0. The monoisotopic (exact) mass is 417 g/mol. The predicted octanol–water partition coefficient (Wildman–Crippen LogP) is 2.80. The van der Waals surface area contributed by atoms with Gasteiger partial charge in [0.2, 0.25) is 5.91 Å². The number of pyridine rings is 1. The van der Waals surface area contributed by atoms with E-state index in [0.717, 1.165) is 16.5 Å². The number of fused-ring (bicyclic) bond motifs is 1. The minimum atomic E-state index is -0.630. The fraction of sp³-hybridized carbons (Fsp3) is 0.320. The van der Waals surface area contributed by atoms with E-state index in [1.54, 1.807) is 16.5 Å². The summed E-state index contributed by atoms with van der Waals surface area (Å²) in [5.41, 5.74) is 1.29. The van der Waals surface area contributed by atoms with Crippen molar-refractivity contribution in [3.05, 3.63) is 82.1 Å². The van der Waals surface area contributed by atoms with E-state index < -0.39 is 5.41 Å². The number of para-hydroxylation sites is 1. The lowest BCUT2D eigenvalue weighted by atomic mass is 9.83. The van der Waals surface area contributed by atoms with Gasteiger partial charge in [-0.1, -0.05) is 48.5 Å². The normalized spacial score (nSPS) is 14.7. The van der Waals surface area contributed by atoms with Crippen molar-refractivity contribution >= 4 is 22.7 Å². The smallest absolute Gasteiger partial charge is 0.254 e. The van der Waals surface area contributed by atoms with E-state index in [1.807, 2.05) is 73.3 Å². The molecule has 3 aromatic rings. The minimum absolute atomic E-state index is 0.0600. The quantitative estimate of drug-likeness (QED) is 0.658. The summed E-state index contributed by atoms with van der Waals surface area (Å²) in [5, 5.41) is 0.762. The van der Waals surface area contributed by atoms with Crippen LogP contribution in [0.1, 0.15) is 29.8 Å². The van der Waals surface area contributed by atoms with Gasteiger partial charge >= 0.3 is 0 Å². The van der Waals surface area contributed by atoms with E-state index >= 15 is 0 Å². The lowest BCUT2D eigenvalue weighted by Crippen LogP contribution is -2.54. The van der Waals surface area contributed by atoms with Crippen molar-refractivity contribution in [2.75, 3.05) is 26.2 Å². The van der Waals surface area contributed by atoms with Crippen molar-refractivity contribution in [3.63, 3.8) is 0 Å². The lowest BCUT2D eigenvalue weighted by Gasteiger charge is -2.39. The summed E-state index contributed by atoms with van der Waals surface area (Å²) in [7, 11) is 1.71. The number of carbonyl (C=O) groups is 2. The van der Waals surface area contributed by atoms with E-state index in [2.05, 4.69) is 0 Å². The second kappa shape index (κ2) is 8.02. The van der Waals surface area contributed by atoms with Gasteiger partial charge in [-0.05, 0) is 25.5 Å². The van der Waals surface area contributed by atoms with Gasteiger partial charge in [0.15, 0.2) is 0 Å². The van der Waals surface area contributed by atoms with Gasteiger partial charge in [-0.15, -0.1) is 0 Å². The molecule has 6 heteroatoms. The average molecular weight is 418 g/mol. The molecule has 6 nitrogen and oxygen atoms in total. The molecule has 0 saturated carbocycles. The molecule has 1 aliphatic heterocycles. The molecule has 0 bridgehead atoms. The second-order valence-electron chi connectivity index (χ2n) is 8.55. The van der Waals surface area contributed by atoms with Gasteiger partial charge in [0.25, 0.3) is 11.5 Å². The number of piperazine rings is 1. The topological polar surface area (TPSA) is 62.6 Å². The highest BCUT2D eigenvalue weighted by molar-refractivity contribution is 6.06. The highest BCUT2D eigenvalue weighted by atomic mass is 16.2. The Morgan fingerprint density at radius 3 is 2.10 bits per heavy atom. The molecule has 0 unspecified atom stereocenters. The Bertz CT molecular complexity index is 1190. The van der Waals surface area contributed by atoms with Crippen LogP contribution in [0.25, 0.3) is 10.9 Å². The zero-order valence-corrected chi connectivity index (χ0v) is 18.2. The Kier molecular flexibility index (Phi) is 5.39. The molecule has 4 rings (SSSR count). The molecule has 0 atom stereocenters. The molecular weight excluding hydrogens is 390 g/mol. The Morgan fingerprint density at radius 2 is 1.42 bits per heavy atom. The standard InChI is InChI=1S/C25H27N3O3/c1-25(2,18-9-5-4-6-10-18)24(31)28-15-13-27(14-16-28)23(30)20-17-22(29)26(3)21-12-8-7-11-19(20)21/h4-12,17H,13-16H2,1-3H3. The Hall–Kier alpha value is -3.41. The summed E-state index contributed by atoms with van der Waals surface area (Å²) in [6, 6.07) is 18.6. The molecule has 1 aromatic heterocycles. The Balaban J connectivity index is 1.52. The van der Waals surface area contributed by atoms with E-state index in [9.17, 15) is 14.4 Å². The molecule has 1 saturated heterocycles. The van der Waals surface area contributed by atoms with Crippen LogP contribution < -0.4 is 5.56 Å². The minimum Gasteiger partial charge on any atom is -0.338 e. The molecule has 2 heterocycles. The number of aromatic nitrogens is 1. The maximum Gasteiger partial charge on any atom is 0.254 e. The Labute approximate surface area is 181 Å². The van der Waals surface area contributed by atoms with Crippen LogP contribution in [0.5, 0.6) is 0 Å². The number of amides is 2. The molecule has 0 N–H and O–H groups in total. The highest BCUT2D eigenvalue weighted by Gasteiger charge is 2.36. The number of aryl methyl sites for hydroxylation is 1. The number of hydrogen-bond donors (Lipinski definition) is 0. The van der Waals surface area contributed by atoms with Crippen molar-refractivity contribution < 1.29 is 9.59 Å². The molecular formula is C25H27N3O3. The fourth-order valence-electron chi connectivity index (χ4n) is 4.24. The van der Waals surface area contributed by atoms with Crippen LogP contribution in [0, 0.1) is 0 Å². The number of benzene rings is 2. The fourth-order valence-corrected chi connectivity index (χ4v) is 4.24. The summed E-state index contributed by atoms with van der Waals surface area (Å²) in [5.74, 6) is -0.104. The molecule has 2 amide bonds. The molecule has 1 fully saturated rings. The molecule has 0 radical (unpaired) electrons. The second-order valence-corrected chi connectivity index (χ2v) is 8.55. The van der Waals surface area contributed by atoms with Crippen molar-refractivity contribution in [1.29, 1.82) is 0 Å². The molecule has 160 valence electrons. The summed E-state index contributed by atoms with van der Waals surface area (Å²) < 4.78 is 1.55. The highest BCUT2D eigenvalue weighted by Crippen LogP contribution is 2.26. The van der Waals surface area contributed by atoms with Crippen LogP contribution in [-0.2, 0) is 17.3 Å².